The third-order valence-corrected chi connectivity index (χ3v) is 3.99. The summed E-state index contributed by atoms with van der Waals surface area (Å²) in [6.45, 7) is 4.73. The van der Waals surface area contributed by atoms with Crippen LogP contribution in [0, 0.1) is 5.92 Å². The zero-order valence-electron chi connectivity index (χ0n) is 14.0. The third-order valence-electron chi connectivity index (χ3n) is 3.44. The Kier molecular flexibility index (Phi) is 6.79. The monoisotopic (exact) mass is 379 g/mol. The number of aromatic nitrogens is 1. The quantitative estimate of drug-likeness (QED) is 0.780. The van der Waals surface area contributed by atoms with E-state index < -0.39 is 0 Å². The number of halogens is 2. The van der Waals surface area contributed by atoms with E-state index in [0.29, 0.717) is 33.8 Å². The first-order chi connectivity index (χ1) is 11.9. The van der Waals surface area contributed by atoms with Gasteiger partial charge in [-0.2, -0.15) is 0 Å². The Morgan fingerprint density at radius 2 is 1.88 bits per heavy atom. The lowest BCUT2D eigenvalue weighted by molar-refractivity contribution is 0.0947. The van der Waals surface area contributed by atoms with Crippen LogP contribution in [0.3, 0.4) is 0 Å². The van der Waals surface area contributed by atoms with E-state index in [-0.39, 0.29) is 17.5 Å². The van der Waals surface area contributed by atoms with E-state index in [1.807, 2.05) is 0 Å². The van der Waals surface area contributed by atoms with Crippen molar-refractivity contribution in [3.05, 3.63) is 57.8 Å². The van der Waals surface area contributed by atoms with Crippen molar-refractivity contribution in [1.29, 1.82) is 0 Å². The lowest BCUT2D eigenvalue weighted by Gasteiger charge is -2.09. The number of carbonyl (C=O) groups excluding carboxylic acids is 2. The van der Waals surface area contributed by atoms with Crippen molar-refractivity contribution in [2.45, 2.75) is 20.3 Å². The predicted molar refractivity (Wildman–Crippen MR) is 100 cm³/mol. The molecule has 0 spiro atoms. The van der Waals surface area contributed by atoms with Crippen molar-refractivity contribution < 1.29 is 9.59 Å². The Morgan fingerprint density at radius 3 is 2.56 bits per heavy atom. The molecule has 132 valence electrons. The van der Waals surface area contributed by atoms with Crippen molar-refractivity contribution in [3.63, 3.8) is 0 Å². The van der Waals surface area contributed by atoms with Gasteiger partial charge in [0.05, 0.1) is 10.7 Å². The molecule has 2 aromatic rings. The van der Waals surface area contributed by atoms with Crippen LogP contribution >= 0.6 is 23.2 Å². The highest BCUT2D eigenvalue weighted by molar-refractivity contribution is 6.36. The fourth-order valence-corrected chi connectivity index (χ4v) is 2.50. The minimum atomic E-state index is -0.386. The molecule has 0 aliphatic heterocycles. The van der Waals surface area contributed by atoms with E-state index in [1.54, 1.807) is 18.2 Å². The highest BCUT2D eigenvalue weighted by Crippen LogP contribution is 2.25. The van der Waals surface area contributed by atoms with Crippen LogP contribution in [0.4, 0.5) is 5.69 Å². The number of rotatable bonds is 6. The van der Waals surface area contributed by atoms with Crippen molar-refractivity contribution >= 4 is 40.7 Å². The molecule has 0 saturated carbocycles. The molecule has 0 saturated heterocycles. The second-order valence-corrected chi connectivity index (χ2v) is 6.79. The van der Waals surface area contributed by atoms with Gasteiger partial charge in [0.15, 0.2) is 0 Å². The third kappa shape index (κ3) is 5.73. The van der Waals surface area contributed by atoms with Gasteiger partial charge in [0.2, 0.25) is 0 Å². The minimum Gasteiger partial charge on any atom is -0.351 e. The fourth-order valence-electron chi connectivity index (χ4n) is 2.05. The van der Waals surface area contributed by atoms with E-state index in [9.17, 15) is 9.59 Å². The Bertz CT molecular complexity index is 779. The van der Waals surface area contributed by atoms with Crippen LogP contribution in [0.5, 0.6) is 0 Å². The van der Waals surface area contributed by atoms with Gasteiger partial charge in [-0.3, -0.25) is 14.6 Å². The number of hydrogen-bond donors (Lipinski definition) is 2. The number of nitrogens with one attached hydrogen (secondary N) is 2. The van der Waals surface area contributed by atoms with E-state index in [1.165, 1.54) is 18.3 Å². The molecule has 0 bridgehead atoms. The second-order valence-electron chi connectivity index (χ2n) is 5.95. The summed E-state index contributed by atoms with van der Waals surface area (Å²) in [6.07, 6.45) is 2.30. The Morgan fingerprint density at radius 1 is 1.12 bits per heavy atom. The first-order valence-electron chi connectivity index (χ1n) is 7.87. The lowest BCUT2D eigenvalue weighted by Crippen LogP contribution is -2.26. The highest BCUT2D eigenvalue weighted by atomic mass is 35.5. The first-order valence-corrected chi connectivity index (χ1v) is 8.63. The average Bonchev–Trinajstić information content (AvgIpc) is 2.57. The summed E-state index contributed by atoms with van der Waals surface area (Å²) in [5, 5.41) is 6.30. The van der Waals surface area contributed by atoms with E-state index in [4.69, 9.17) is 23.2 Å². The lowest BCUT2D eigenvalue weighted by atomic mass is 10.1. The number of anilines is 1. The fraction of sp³-hybridized carbons (Fsp3) is 0.278. The van der Waals surface area contributed by atoms with Crippen LogP contribution < -0.4 is 10.6 Å². The highest BCUT2D eigenvalue weighted by Gasteiger charge is 2.13. The van der Waals surface area contributed by atoms with Gasteiger partial charge in [-0.25, -0.2) is 0 Å². The predicted octanol–water partition coefficient (Wildman–Crippen LogP) is 4.42. The zero-order chi connectivity index (χ0) is 18.4. The van der Waals surface area contributed by atoms with Gasteiger partial charge in [-0.05, 0) is 42.7 Å². The summed E-state index contributed by atoms with van der Waals surface area (Å²) in [5.74, 6) is -0.197. The molecule has 2 N–H and O–H groups in total. The van der Waals surface area contributed by atoms with Gasteiger partial charge in [-0.15, -0.1) is 0 Å². The summed E-state index contributed by atoms with van der Waals surface area (Å²) in [4.78, 5) is 28.5. The Labute approximate surface area is 156 Å². The number of pyridine rings is 1. The van der Waals surface area contributed by atoms with E-state index in [2.05, 4.69) is 29.5 Å². The molecule has 2 rings (SSSR count). The summed E-state index contributed by atoms with van der Waals surface area (Å²) >= 11 is 11.9. The standard InChI is InChI=1S/C18H19Cl2N3O2/c1-11(2)5-7-22-18(25)16-9-12(6-8-21-16)17(24)23-15-4-3-13(19)10-14(15)20/h3-4,6,8-11H,5,7H2,1-2H3,(H,22,25)(H,23,24). The second kappa shape index (κ2) is 8.83. The van der Waals surface area contributed by atoms with Crippen LogP contribution in [0.1, 0.15) is 41.1 Å². The number of hydrogen-bond acceptors (Lipinski definition) is 3. The first kappa shape index (κ1) is 19.2. The Balaban J connectivity index is 2.06. The van der Waals surface area contributed by atoms with Crippen LogP contribution in [0.15, 0.2) is 36.5 Å². The van der Waals surface area contributed by atoms with Gasteiger partial charge in [0.25, 0.3) is 11.8 Å². The van der Waals surface area contributed by atoms with Gasteiger partial charge in [0.1, 0.15) is 5.69 Å². The molecule has 2 amide bonds. The Hall–Kier alpha value is -2.11. The van der Waals surface area contributed by atoms with Gasteiger partial charge in [0, 0.05) is 23.3 Å². The van der Waals surface area contributed by atoms with Crippen molar-refractivity contribution in [3.8, 4) is 0 Å². The van der Waals surface area contributed by atoms with E-state index >= 15 is 0 Å². The maximum Gasteiger partial charge on any atom is 0.269 e. The number of benzene rings is 1. The summed E-state index contributed by atoms with van der Waals surface area (Å²) in [7, 11) is 0. The van der Waals surface area contributed by atoms with Gasteiger partial charge >= 0.3 is 0 Å². The van der Waals surface area contributed by atoms with Crippen molar-refractivity contribution in [2.75, 3.05) is 11.9 Å². The SMILES string of the molecule is CC(C)CCNC(=O)c1cc(C(=O)Nc2ccc(Cl)cc2Cl)ccn1. The number of carbonyl (C=O) groups is 2. The number of amides is 2. The smallest absolute Gasteiger partial charge is 0.269 e. The molecular weight excluding hydrogens is 361 g/mol. The van der Waals surface area contributed by atoms with E-state index in [0.717, 1.165) is 6.42 Å². The molecular formula is C18H19Cl2N3O2. The van der Waals surface area contributed by atoms with Gasteiger partial charge < -0.3 is 10.6 Å². The molecule has 1 aromatic heterocycles. The van der Waals surface area contributed by atoms with Crippen LogP contribution in [-0.2, 0) is 0 Å². The topological polar surface area (TPSA) is 71.1 Å². The molecule has 1 aromatic carbocycles. The summed E-state index contributed by atoms with van der Waals surface area (Å²) in [5.41, 5.74) is 0.949. The summed E-state index contributed by atoms with van der Waals surface area (Å²) in [6, 6.07) is 7.76. The average molecular weight is 380 g/mol. The van der Waals surface area contributed by atoms with Gasteiger partial charge in [-0.1, -0.05) is 37.0 Å². The maximum atomic E-state index is 12.4. The molecule has 0 aliphatic carbocycles. The molecule has 7 heteroatoms. The molecule has 5 nitrogen and oxygen atoms in total. The molecule has 25 heavy (non-hydrogen) atoms. The van der Waals surface area contributed by atoms with Crippen LogP contribution in [0.2, 0.25) is 10.0 Å². The van der Waals surface area contributed by atoms with Crippen molar-refractivity contribution in [1.82, 2.24) is 10.3 Å². The largest absolute Gasteiger partial charge is 0.351 e. The maximum absolute atomic E-state index is 12.4. The molecule has 0 atom stereocenters. The normalized spacial score (nSPS) is 10.6. The van der Waals surface area contributed by atoms with Crippen molar-refractivity contribution in [2.24, 2.45) is 5.92 Å². The molecule has 0 aliphatic rings. The summed E-state index contributed by atoms with van der Waals surface area (Å²) < 4.78 is 0. The molecule has 0 unspecified atom stereocenters. The minimum absolute atomic E-state index is 0.193. The molecule has 1 heterocycles. The molecule has 0 fully saturated rings. The van der Waals surface area contributed by atoms with Crippen LogP contribution in [0.25, 0.3) is 0 Å². The van der Waals surface area contributed by atoms with Crippen LogP contribution in [-0.4, -0.2) is 23.3 Å². The number of nitrogens with zero attached hydrogens (tertiary/aromatic N) is 1. The zero-order valence-corrected chi connectivity index (χ0v) is 15.5. The molecule has 0 radical (unpaired) electrons.